The van der Waals surface area contributed by atoms with E-state index in [4.69, 9.17) is 14.6 Å². The van der Waals surface area contributed by atoms with E-state index in [0.717, 1.165) is 33.4 Å². The van der Waals surface area contributed by atoms with E-state index < -0.39 is 18.2 Å². The molecule has 10 nitrogen and oxygen atoms in total. The summed E-state index contributed by atoms with van der Waals surface area (Å²) in [4.78, 5) is 39.1. The maximum absolute atomic E-state index is 12.4. The molecule has 0 bridgehead atoms. The average Bonchev–Trinajstić information content (AvgIpc) is 3.11. The van der Waals surface area contributed by atoms with Crippen LogP contribution in [-0.2, 0) is 32.2 Å². The predicted molar refractivity (Wildman–Crippen MR) is 180 cm³/mol. The molecule has 0 unspecified atom stereocenters. The molecule has 5 rings (SSSR count). The van der Waals surface area contributed by atoms with Crippen LogP contribution < -0.4 is 5.32 Å². The topological polar surface area (TPSA) is 155 Å². The second kappa shape index (κ2) is 17.0. The molecular weight excluding hydrogens is 632 g/mol. The van der Waals surface area contributed by atoms with Gasteiger partial charge in [-0.15, -0.1) is 11.8 Å². The summed E-state index contributed by atoms with van der Waals surface area (Å²) in [5.74, 6) is -1.54. The number of amides is 1. The van der Waals surface area contributed by atoms with Gasteiger partial charge in [-0.1, -0.05) is 72.8 Å². The van der Waals surface area contributed by atoms with Crippen LogP contribution in [0.2, 0.25) is 0 Å². The van der Waals surface area contributed by atoms with Crippen LogP contribution in [-0.4, -0.2) is 50.0 Å². The van der Waals surface area contributed by atoms with Gasteiger partial charge in [0, 0.05) is 43.3 Å². The van der Waals surface area contributed by atoms with Gasteiger partial charge in [0.15, 0.2) is 6.29 Å². The Morgan fingerprint density at radius 3 is 2.31 bits per heavy atom. The molecule has 250 valence electrons. The summed E-state index contributed by atoms with van der Waals surface area (Å²) in [6.07, 6.45) is 2.20. The van der Waals surface area contributed by atoms with Crippen LogP contribution in [0, 0.1) is 0 Å². The minimum absolute atomic E-state index is 0.0523. The SMILES string of the molecule is O=C(O)CCCCC(=O)NCc1ccccc1-c1ccc([C@H]2O[C@@H](CSc3ncccc3C(=O)O)C[C@@H](c3ccc(CO)cc3)O2)cc1. The minimum Gasteiger partial charge on any atom is -0.481 e. The number of carbonyl (C=O) groups excluding carboxylic acids is 1. The fourth-order valence-electron chi connectivity index (χ4n) is 5.48. The monoisotopic (exact) mass is 670 g/mol. The zero-order chi connectivity index (χ0) is 33.9. The first-order valence-corrected chi connectivity index (χ1v) is 16.8. The third-order valence-electron chi connectivity index (χ3n) is 8.05. The highest BCUT2D eigenvalue weighted by atomic mass is 32.2. The number of aromatic nitrogens is 1. The van der Waals surface area contributed by atoms with Crippen molar-refractivity contribution >= 4 is 29.6 Å². The van der Waals surface area contributed by atoms with Crippen molar-refractivity contribution in [2.75, 3.05) is 5.75 Å². The lowest BCUT2D eigenvalue weighted by molar-refractivity contribution is -0.245. The number of hydrogen-bond donors (Lipinski definition) is 4. The molecule has 4 N–H and O–H groups in total. The van der Waals surface area contributed by atoms with Gasteiger partial charge < -0.3 is 30.1 Å². The zero-order valence-electron chi connectivity index (χ0n) is 26.3. The van der Waals surface area contributed by atoms with Crippen molar-refractivity contribution in [3.05, 3.63) is 119 Å². The van der Waals surface area contributed by atoms with Crippen LogP contribution in [0.3, 0.4) is 0 Å². The molecule has 0 saturated carbocycles. The summed E-state index contributed by atoms with van der Waals surface area (Å²) < 4.78 is 12.9. The summed E-state index contributed by atoms with van der Waals surface area (Å²) in [5, 5.41) is 31.3. The number of pyridine rings is 1. The van der Waals surface area contributed by atoms with Gasteiger partial charge in [0.1, 0.15) is 5.03 Å². The fraction of sp³-hybridized carbons (Fsp3) is 0.297. The zero-order valence-corrected chi connectivity index (χ0v) is 27.1. The number of hydrogen-bond acceptors (Lipinski definition) is 8. The third kappa shape index (κ3) is 9.51. The molecule has 3 aromatic carbocycles. The molecule has 48 heavy (non-hydrogen) atoms. The number of aliphatic hydroxyl groups excluding tert-OH is 1. The summed E-state index contributed by atoms with van der Waals surface area (Å²) in [5.41, 5.74) is 5.61. The van der Waals surface area contributed by atoms with Crippen LogP contribution in [0.25, 0.3) is 11.1 Å². The fourth-order valence-corrected chi connectivity index (χ4v) is 6.49. The lowest BCUT2D eigenvalue weighted by atomic mass is 9.97. The number of aromatic carboxylic acids is 1. The van der Waals surface area contributed by atoms with Crippen molar-refractivity contribution in [3.63, 3.8) is 0 Å². The number of nitrogens with zero attached hydrogens (tertiary/aromatic N) is 1. The molecule has 11 heteroatoms. The molecule has 4 aromatic rings. The van der Waals surface area contributed by atoms with Crippen LogP contribution in [0.15, 0.2) is 96.2 Å². The number of unbranched alkanes of at least 4 members (excludes halogenated alkanes) is 1. The van der Waals surface area contributed by atoms with Gasteiger partial charge in [-0.2, -0.15) is 0 Å². The first kappa shape index (κ1) is 34.8. The van der Waals surface area contributed by atoms with E-state index >= 15 is 0 Å². The van der Waals surface area contributed by atoms with Gasteiger partial charge in [0.25, 0.3) is 0 Å². The van der Waals surface area contributed by atoms with Crippen LogP contribution in [0.4, 0.5) is 0 Å². The molecule has 0 radical (unpaired) electrons. The molecule has 1 amide bonds. The normalized spacial score (nSPS) is 17.5. The Balaban J connectivity index is 1.29. The number of aliphatic hydroxyl groups is 1. The third-order valence-corrected chi connectivity index (χ3v) is 9.19. The predicted octanol–water partition coefficient (Wildman–Crippen LogP) is 6.54. The van der Waals surface area contributed by atoms with E-state index in [2.05, 4.69) is 10.3 Å². The largest absolute Gasteiger partial charge is 0.481 e. The van der Waals surface area contributed by atoms with Crippen molar-refractivity contribution in [2.24, 2.45) is 0 Å². The number of carboxylic acid groups (broad SMARTS) is 2. The van der Waals surface area contributed by atoms with Crippen LogP contribution in [0.1, 0.15) is 77.1 Å². The highest BCUT2D eigenvalue weighted by molar-refractivity contribution is 7.99. The highest BCUT2D eigenvalue weighted by Crippen LogP contribution is 2.40. The molecule has 2 heterocycles. The number of carboxylic acids is 2. The summed E-state index contributed by atoms with van der Waals surface area (Å²) in [6, 6.07) is 26.5. The summed E-state index contributed by atoms with van der Waals surface area (Å²) in [7, 11) is 0. The van der Waals surface area contributed by atoms with E-state index in [1.807, 2.05) is 72.8 Å². The number of aliphatic carboxylic acids is 1. The Morgan fingerprint density at radius 2 is 1.58 bits per heavy atom. The number of nitrogens with one attached hydrogen (secondary N) is 1. The van der Waals surface area contributed by atoms with E-state index in [-0.39, 0.29) is 43.1 Å². The van der Waals surface area contributed by atoms with Gasteiger partial charge >= 0.3 is 11.9 Å². The highest BCUT2D eigenvalue weighted by Gasteiger charge is 2.32. The van der Waals surface area contributed by atoms with Crippen LogP contribution >= 0.6 is 11.8 Å². The Morgan fingerprint density at radius 1 is 0.854 bits per heavy atom. The molecule has 1 aliphatic heterocycles. The molecule has 1 saturated heterocycles. The van der Waals surface area contributed by atoms with Gasteiger partial charge in [-0.05, 0) is 52.8 Å². The van der Waals surface area contributed by atoms with Gasteiger partial charge in [0.2, 0.25) is 5.91 Å². The van der Waals surface area contributed by atoms with Crippen molar-refractivity contribution in [3.8, 4) is 11.1 Å². The maximum Gasteiger partial charge on any atom is 0.338 e. The van der Waals surface area contributed by atoms with Crippen molar-refractivity contribution in [1.29, 1.82) is 0 Å². The van der Waals surface area contributed by atoms with Crippen LogP contribution in [0.5, 0.6) is 0 Å². The van der Waals surface area contributed by atoms with E-state index in [9.17, 15) is 24.6 Å². The van der Waals surface area contributed by atoms with Crippen molar-refractivity contribution in [2.45, 2.75) is 68.8 Å². The van der Waals surface area contributed by atoms with Gasteiger partial charge in [-0.3, -0.25) is 9.59 Å². The summed E-state index contributed by atoms with van der Waals surface area (Å²) >= 11 is 1.34. The van der Waals surface area contributed by atoms with Gasteiger partial charge in [-0.25, -0.2) is 9.78 Å². The Kier molecular flexibility index (Phi) is 12.3. The quantitative estimate of drug-likeness (QED) is 0.0810. The van der Waals surface area contributed by atoms with Crippen molar-refractivity contribution < 1.29 is 39.2 Å². The second-order valence-electron chi connectivity index (χ2n) is 11.5. The minimum atomic E-state index is -1.03. The van der Waals surface area contributed by atoms with E-state index in [1.54, 1.807) is 12.3 Å². The maximum atomic E-state index is 12.4. The first-order chi connectivity index (χ1) is 23.3. The number of ether oxygens (including phenoxy) is 2. The lowest BCUT2D eigenvalue weighted by Gasteiger charge is -2.36. The number of carbonyl (C=O) groups is 3. The Hall–Kier alpha value is -4.55. The van der Waals surface area contributed by atoms with Gasteiger partial charge in [0.05, 0.1) is 24.4 Å². The molecular formula is C37H38N2O8S. The first-order valence-electron chi connectivity index (χ1n) is 15.8. The van der Waals surface area contributed by atoms with Crippen molar-refractivity contribution in [1.82, 2.24) is 10.3 Å². The average molecular weight is 671 g/mol. The summed E-state index contributed by atoms with van der Waals surface area (Å²) in [6.45, 7) is 0.295. The molecule has 1 aliphatic rings. The molecule has 0 aliphatic carbocycles. The number of thioether (sulfide) groups is 1. The Labute approximate surface area is 283 Å². The van der Waals surface area contributed by atoms with E-state index in [1.165, 1.54) is 17.8 Å². The number of rotatable bonds is 15. The second-order valence-corrected chi connectivity index (χ2v) is 12.5. The molecule has 1 fully saturated rings. The molecule has 3 atom stereocenters. The molecule has 0 spiro atoms. The standard InChI is InChI=1S/C37H38N2O8S/c40-22-24-11-13-26(14-12-24)32-20-29(23-48-35-31(36(44)45)8-5-19-38-35)46-37(47-32)27-17-15-25(16-18-27)30-7-2-1-6-28(30)21-39-33(41)9-3-4-10-34(42)43/h1-2,5-8,11-19,29,32,37,40H,3-4,9-10,20-23H2,(H,39,41)(H,42,43)(H,44,45)/t29-,32+,37+/m1/s1. The Bertz CT molecular complexity index is 1700. The lowest BCUT2D eigenvalue weighted by Crippen LogP contribution is -2.31. The molecule has 1 aromatic heterocycles. The smallest absolute Gasteiger partial charge is 0.338 e. The number of benzene rings is 3. The van der Waals surface area contributed by atoms with E-state index in [0.29, 0.717) is 36.6 Å².